The molecule has 0 radical (unpaired) electrons. The van der Waals surface area contributed by atoms with Crippen molar-refractivity contribution in [1.82, 2.24) is 0 Å². The molecule has 0 fully saturated rings. The first-order valence-electron chi connectivity index (χ1n) is 7.13. The summed E-state index contributed by atoms with van der Waals surface area (Å²) in [6.07, 6.45) is 0. The molecular formula is C18H24O3S. The molecule has 0 aliphatic heterocycles. The molecule has 3 nitrogen and oxygen atoms in total. The van der Waals surface area contributed by atoms with Crippen molar-refractivity contribution >= 4 is 9.84 Å². The van der Waals surface area contributed by atoms with Gasteiger partial charge in [0.2, 0.25) is 9.84 Å². The summed E-state index contributed by atoms with van der Waals surface area (Å²) in [5, 5.41) is 1.10. The molecule has 0 spiro atoms. The van der Waals surface area contributed by atoms with Crippen molar-refractivity contribution in [2.45, 2.75) is 52.0 Å². The second-order valence-corrected chi connectivity index (χ2v) is 8.85. The van der Waals surface area contributed by atoms with E-state index in [1.165, 1.54) is 0 Å². The largest absolute Gasteiger partial charge is 0.479 e. The van der Waals surface area contributed by atoms with E-state index in [0.717, 1.165) is 5.41 Å². The first-order chi connectivity index (χ1) is 9.89. The Bertz CT molecular complexity index is 689. The highest BCUT2D eigenvalue weighted by atomic mass is 32.2. The number of ether oxygens (including phenoxy) is 1. The molecular weight excluding hydrogens is 296 g/mol. The van der Waals surface area contributed by atoms with Gasteiger partial charge in [-0.2, -0.15) is 0 Å². The van der Waals surface area contributed by atoms with E-state index in [4.69, 9.17) is 4.74 Å². The Morgan fingerprint density at radius 2 is 1.59 bits per heavy atom. The van der Waals surface area contributed by atoms with E-state index < -0.39 is 15.4 Å². The lowest BCUT2D eigenvalue weighted by Crippen LogP contribution is -2.19. The molecule has 1 rings (SSSR count). The Balaban J connectivity index is 3.28. The Morgan fingerprint density at radius 1 is 1.05 bits per heavy atom. The second-order valence-electron chi connectivity index (χ2n) is 7.05. The summed E-state index contributed by atoms with van der Waals surface area (Å²) < 4.78 is 30.6. The molecule has 0 aliphatic carbocycles. The molecule has 120 valence electrons. The standard InChI is InChI=1S/C18H24O3S/c1-17(2,3)13-12-15(21-18(4,5)6)14-22(19,20)16-10-8-7-9-11-16/h7-11,14H,1-6H3/b15-14-. The lowest BCUT2D eigenvalue weighted by Gasteiger charge is -2.21. The summed E-state index contributed by atoms with van der Waals surface area (Å²) in [5.41, 5.74) is -0.762. The SMILES string of the molecule is CC(C)(C)C#C/C(=C/S(=O)(=O)c1ccccc1)OC(C)(C)C. The minimum atomic E-state index is -3.59. The minimum absolute atomic E-state index is 0.159. The van der Waals surface area contributed by atoms with Gasteiger partial charge < -0.3 is 4.74 Å². The topological polar surface area (TPSA) is 43.4 Å². The maximum atomic E-state index is 12.4. The van der Waals surface area contributed by atoms with Crippen LogP contribution in [0, 0.1) is 17.3 Å². The normalized spacial score (nSPS) is 13.3. The van der Waals surface area contributed by atoms with E-state index in [1.54, 1.807) is 30.3 Å². The third kappa shape index (κ3) is 6.82. The first kappa shape index (κ1) is 18.3. The maximum absolute atomic E-state index is 12.4. The zero-order chi connectivity index (χ0) is 17.0. The van der Waals surface area contributed by atoms with E-state index >= 15 is 0 Å². The van der Waals surface area contributed by atoms with E-state index in [0.29, 0.717) is 0 Å². The van der Waals surface area contributed by atoms with Gasteiger partial charge in [0, 0.05) is 5.41 Å². The van der Waals surface area contributed by atoms with Crippen molar-refractivity contribution in [2.24, 2.45) is 5.41 Å². The molecule has 1 aromatic rings. The molecule has 0 aromatic heterocycles. The molecule has 0 heterocycles. The summed E-state index contributed by atoms with van der Waals surface area (Å²) in [7, 11) is -3.59. The molecule has 0 unspecified atom stereocenters. The van der Waals surface area contributed by atoms with Gasteiger partial charge in [-0.1, -0.05) is 24.1 Å². The molecule has 0 bridgehead atoms. The van der Waals surface area contributed by atoms with Crippen LogP contribution < -0.4 is 0 Å². The fourth-order valence-electron chi connectivity index (χ4n) is 1.48. The van der Waals surface area contributed by atoms with Crippen molar-refractivity contribution in [3.8, 4) is 11.8 Å². The summed E-state index contributed by atoms with van der Waals surface area (Å²) in [6, 6.07) is 8.25. The molecule has 0 saturated heterocycles. The van der Waals surface area contributed by atoms with Gasteiger partial charge in [0.1, 0.15) is 5.60 Å². The number of hydrogen-bond donors (Lipinski definition) is 0. The van der Waals surface area contributed by atoms with Gasteiger partial charge in [0.05, 0.1) is 10.3 Å². The smallest absolute Gasteiger partial charge is 0.204 e. The molecule has 0 aliphatic rings. The second kappa shape index (κ2) is 6.58. The fourth-order valence-corrected chi connectivity index (χ4v) is 2.54. The van der Waals surface area contributed by atoms with Crippen LogP contribution >= 0.6 is 0 Å². The first-order valence-corrected chi connectivity index (χ1v) is 8.68. The molecule has 0 saturated carbocycles. The monoisotopic (exact) mass is 320 g/mol. The van der Waals surface area contributed by atoms with Gasteiger partial charge in [0.25, 0.3) is 0 Å². The van der Waals surface area contributed by atoms with Crippen LogP contribution in [0.25, 0.3) is 0 Å². The van der Waals surface area contributed by atoms with Gasteiger partial charge in [-0.25, -0.2) is 8.42 Å². The van der Waals surface area contributed by atoms with Crippen molar-refractivity contribution in [1.29, 1.82) is 0 Å². The molecule has 4 heteroatoms. The zero-order valence-electron chi connectivity index (χ0n) is 14.1. The van der Waals surface area contributed by atoms with Crippen molar-refractivity contribution < 1.29 is 13.2 Å². The van der Waals surface area contributed by atoms with Crippen LogP contribution in [0.5, 0.6) is 0 Å². The number of hydrogen-bond acceptors (Lipinski definition) is 3. The van der Waals surface area contributed by atoms with Crippen LogP contribution in [0.3, 0.4) is 0 Å². The van der Waals surface area contributed by atoms with Crippen molar-refractivity contribution in [2.75, 3.05) is 0 Å². The van der Waals surface area contributed by atoms with E-state index in [-0.39, 0.29) is 16.1 Å². The van der Waals surface area contributed by atoms with Crippen molar-refractivity contribution in [3.05, 3.63) is 41.5 Å². The van der Waals surface area contributed by atoms with Crippen LogP contribution in [-0.4, -0.2) is 14.0 Å². The predicted molar refractivity (Wildman–Crippen MR) is 89.8 cm³/mol. The van der Waals surface area contributed by atoms with Crippen molar-refractivity contribution in [3.63, 3.8) is 0 Å². The van der Waals surface area contributed by atoms with E-state index in [9.17, 15) is 8.42 Å². The summed E-state index contributed by atoms with van der Waals surface area (Å²) >= 11 is 0. The van der Waals surface area contributed by atoms with Crippen LogP contribution in [0.15, 0.2) is 46.4 Å². The van der Waals surface area contributed by atoms with Crippen LogP contribution in [0.2, 0.25) is 0 Å². The Kier molecular flexibility index (Phi) is 5.48. The number of sulfone groups is 1. The molecule has 0 atom stereocenters. The Morgan fingerprint density at radius 3 is 2.05 bits per heavy atom. The van der Waals surface area contributed by atoms with Crippen LogP contribution in [0.1, 0.15) is 41.5 Å². The summed E-state index contributed by atoms with van der Waals surface area (Å²) in [5.74, 6) is 6.02. The van der Waals surface area contributed by atoms with Gasteiger partial charge >= 0.3 is 0 Å². The summed E-state index contributed by atoms with van der Waals surface area (Å²) in [4.78, 5) is 0.225. The molecule has 0 N–H and O–H groups in total. The molecule has 22 heavy (non-hydrogen) atoms. The lowest BCUT2D eigenvalue weighted by molar-refractivity contribution is 0.0625. The zero-order valence-corrected chi connectivity index (χ0v) is 14.9. The van der Waals surface area contributed by atoms with Crippen LogP contribution in [0.4, 0.5) is 0 Å². The Hall–Kier alpha value is -1.73. The van der Waals surface area contributed by atoms with Gasteiger partial charge in [-0.05, 0) is 59.6 Å². The van der Waals surface area contributed by atoms with Crippen LogP contribution in [-0.2, 0) is 14.6 Å². The minimum Gasteiger partial charge on any atom is -0.479 e. The summed E-state index contributed by atoms with van der Waals surface area (Å²) in [6.45, 7) is 11.4. The average molecular weight is 320 g/mol. The highest BCUT2D eigenvalue weighted by Crippen LogP contribution is 2.19. The fraction of sp³-hybridized carbons (Fsp3) is 0.444. The van der Waals surface area contributed by atoms with Gasteiger partial charge in [0.15, 0.2) is 5.76 Å². The van der Waals surface area contributed by atoms with Gasteiger partial charge in [-0.3, -0.25) is 0 Å². The average Bonchev–Trinajstić information content (AvgIpc) is 2.34. The predicted octanol–water partition coefficient (Wildman–Crippen LogP) is 4.17. The van der Waals surface area contributed by atoms with Gasteiger partial charge in [-0.15, -0.1) is 0 Å². The third-order valence-electron chi connectivity index (χ3n) is 2.31. The highest BCUT2D eigenvalue weighted by Gasteiger charge is 2.18. The van der Waals surface area contributed by atoms with E-state index in [2.05, 4.69) is 11.8 Å². The highest BCUT2D eigenvalue weighted by molar-refractivity contribution is 7.94. The quantitative estimate of drug-likeness (QED) is 0.620. The number of allylic oxidation sites excluding steroid dienone is 1. The lowest BCUT2D eigenvalue weighted by atomic mass is 9.98. The Labute approximate surface area is 134 Å². The maximum Gasteiger partial charge on any atom is 0.204 e. The van der Waals surface area contributed by atoms with E-state index in [1.807, 2.05) is 41.5 Å². The molecule has 1 aromatic carbocycles. The number of benzene rings is 1. The molecule has 0 amide bonds. The third-order valence-corrected chi connectivity index (χ3v) is 3.76. The number of rotatable bonds is 3.